The number of benzene rings is 2. The fourth-order valence-corrected chi connectivity index (χ4v) is 2.14. The summed E-state index contributed by atoms with van der Waals surface area (Å²) in [5, 5.41) is 0. The summed E-state index contributed by atoms with van der Waals surface area (Å²) in [6, 6.07) is 8.78. The Morgan fingerprint density at radius 3 is 2.32 bits per heavy atom. The smallest absolute Gasteiger partial charge is 0.488 e. The topological polar surface area (TPSA) is 44.8 Å². The lowest BCUT2D eigenvalue weighted by molar-refractivity contribution is -0.139. The third-order valence-corrected chi connectivity index (χ3v) is 3.62. The molecule has 0 bridgehead atoms. The fraction of sp³-hybridized carbons (Fsp3) is 0.278. The van der Waals surface area contributed by atoms with E-state index in [-0.39, 0.29) is 18.1 Å². The van der Waals surface area contributed by atoms with Gasteiger partial charge in [0.05, 0.1) is 12.7 Å². The molecular formula is C18H17F3O4. The standard InChI is InChI=1S/C18H17F3O4/c1-11-8-14(18(19,20)21)16(9-12(11)2)24-10-13-6-4-5-7-15(13)25-17(22)23-3/h4-9H,10H2,1-3H3. The van der Waals surface area contributed by atoms with Gasteiger partial charge in [0.2, 0.25) is 0 Å². The quantitative estimate of drug-likeness (QED) is 0.570. The minimum Gasteiger partial charge on any atom is -0.488 e. The van der Waals surface area contributed by atoms with Crippen molar-refractivity contribution >= 4 is 6.16 Å². The van der Waals surface area contributed by atoms with Gasteiger partial charge in [0, 0.05) is 5.56 Å². The highest BCUT2D eigenvalue weighted by Gasteiger charge is 2.35. The van der Waals surface area contributed by atoms with Crippen LogP contribution in [0.25, 0.3) is 0 Å². The Bertz CT molecular complexity index is 769. The molecule has 2 rings (SSSR count). The summed E-state index contributed by atoms with van der Waals surface area (Å²) in [6.07, 6.45) is -5.45. The van der Waals surface area contributed by atoms with Gasteiger partial charge in [-0.25, -0.2) is 4.79 Å². The van der Waals surface area contributed by atoms with E-state index in [1.807, 2.05) is 0 Å². The van der Waals surface area contributed by atoms with Crippen molar-refractivity contribution in [1.82, 2.24) is 0 Å². The molecule has 0 fully saturated rings. The number of ether oxygens (including phenoxy) is 3. The average molecular weight is 354 g/mol. The van der Waals surface area contributed by atoms with E-state index in [1.165, 1.54) is 12.1 Å². The number of alkyl halides is 3. The Kier molecular flexibility index (Phi) is 5.56. The highest BCUT2D eigenvalue weighted by atomic mass is 19.4. The molecule has 2 aromatic carbocycles. The molecule has 0 radical (unpaired) electrons. The molecule has 0 saturated carbocycles. The lowest BCUT2D eigenvalue weighted by Gasteiger charge is -2.17. The molecule has 0 heterocycles. The van der Waals surface area contributed by atoms with Crippen LogP contribution < -0.4 is 9.47 Å². The number of aryl methyl sites for hydroxylation is 2. The SMILES string of the molecule is COC(=O)Oc1ccccc1COc1cc(C)c(C)cc1C(F)(F)F. The Hall–Kier alpha value is -2.70. The van der Waals surface area contributed by atoms with Gasteiger partial charge in [0.15, 0.2) is 0 Å². The van der Waals surface area contributed by atoms with Gasteiger partial charge in [-0.1, -0.05) is 18.2 Å². The molecule has 0 saturated heterocycles. The molecule has 4 nitrogen and oxygen atoms in total. The molecular weight excluding hydrogens is 337 g/mol. The third kappa shape index (κ3) is 4.65. The van der Waals surface area contributed by atoms with Gasteiger partial charge < -0.3 is 14.2 Å². The average Bonchev–Trinajstić information content (AvgIpc) is 2.55. The molecule has 2 aromatic rings. The molecule has 0 aromatic heterocycles. The van der Waals surface area contributed by atoms with Crippen molar-refractivity contribution in [1.29, 1.82) is 0 Å². The molecule has 7 heteroatoms. The first-order chi connectivity index (χ1) is 11.7. The van der Waals surface area contributed by atoms with Crippen LogP contribution in [0.3, 0.4) is 0 Å². The molecule has 0 aliphatic rings. The molecule has 0 aliphatic heterocycles. The number of hydrogen-bond donors (Lipinski definition) is 0. The van der Waals surface area contributed by atoms with Gasteiger partial charge >= 0.3 is 12.3 Å². The van der Waals surface area contributed by atoms with Gasteiger partial charge in [0.25, 0.3) is 0 Å². The van der Waals surface area contributed by atoms with E-state index in [4.69, 9.17) is 9.47 Å². The maximum Gasteiger partial charge on any atom is 0.513 e. The molecule has 0 unspecified atom stereocenters. The fourth-order valence-electron chi connectivity index (χ4n) is 2.14. The minimum absolute atomic E-state index is 0.159. The van der Waals surface area contributed by atoms with E-state index < -0.39 is 17.9 Å². The van der Waals surface area contributed by atoms with Crippen molar-refractivity contribution < 1.29 is 32.2 Å². The predicted molar refractivity (Wildman–Crippen MR) is 84.7 cm³/mol. The van der Waals surface area contributed by atoms with Crippen molar-refractivity contribution in [3.05, 3.63) is 58.7 Å². The molecule has 134 valence electrons. The second kappa shape index (κ2) is 7.46. The van der Waals surface area contributed by atoms with Crippen molar-refractivity contribution in [3.63, 3.8) is 0 Å². The molecule has 0 aliphatic carbocycles. The van der Waals surface area contributed by atoms with Crippen molar-refractivity contribution in [2.24, 2.45) is 0 Å². The van der Waals surface area contributed by atoms with E-state index in [2.05, 4.69) is 4.74 Å². The number of halogens is 3. The van der Waals surface area contributed by atoms with Gasteiger partial charge in [-0.3, -0.25) is 0 Å². The number of carbonyl (C=O) groups is 1. The van der Waals surface area contributed by atoms with Crippen LogP contribution in [0.1, 0.15) is 22.3 Å². The number of rotatable bonds is 4. The normalized spacial score (nSPS) is 11.1. The first-order valence-electron chi connectivity index (χ1n) is 7.37. The second-order valence-corrected chi connectivity index (χ2v) is 5.38. The number of carbonyl (C=O) groups excluding carboxylic acids is 1. The second-order valence-electron chi connectivity index (χ2n) is 5.38. The first-order valence-corrected chi connectivity index (χ1v) is 7.37. The summed E-state index contributed by atoms with van der Waals surface area (Å²) in [5.74, 6) is -0.116. The van der Waals surface area contributed by atoms with Gasteiger partial charge in [-0.15, -0.1) is 0 Å². The monoisotopic (exact) mass is 354 g/mol. The third-order valence-electron chi connectivity index (χ3n) is 3.62. The van der Waals surface area contributed by atoms with Gasteiger partial charge in [-0.05, 0) is 43.2 Å². The van der Waals surface area contributed by atoms with Crippen molar-refractivity contribution in [2.75, 3.05) is 7.11 Å². The van der Waals surface area contributed by atoms with Gasteiger partial charge in [0.1, 0.15) is 18.1 Å². The molecule has 0 amide bonds. The van der Waals surface area contributed by atoms with E-state index in [9.17, 15) is 18.0 Å². The summed E-state index contributed by atoms with van der Waals surface area (Å²) >= 11 is 0. The van der Waals surface area contributed by atoms with E-state index in [1.54, 1.807) is 32.0 Å². The zero-order chi connectivity index (χ0) is 18.6. The summed E-state index contributed by atoms with van der Waals surface area (Å²) in [6.45, 7) is 3.11. The highest BCUT2D eigenvalue weighted by molar-refractivity contribution is 5.64. The summed E-state index contributed by atoms with van der Waals surface area (Å²) in [4.78, 5) is 11.2. The largest absolute Gasteiger partial charge is 0.513 e. The minimum atomic E-state index is -4.53. The zero-order valence-electron chi connectivity index (χ0n) is 13.9. The Morgan fingerprint density at radius 1 is 1.04 bits per heavy atom. The van der Waals surface area contributed by atoms with E-state index in [0.717, 1.165) is 13.2 Å². The predicted octanol–water partition coefficient (Wildman–Crippen LogP) is 5.05. The summed E-state index contributed by atoms with van der Waals surface area (Å²) < 4.78 is 54.4. The molecule has 25 heavy (non-hydrogen) atoms. The van der Waals surface area contributed by atoms with Crippen LogP contribution in [0.4, 0.5) is 18.0 Å². The lowest BCUT2D eigenvalue weighted by Crippen LogP contribution is -2.12. The van der Waals surface area contributed by atoms with Crippen molar-refractivity contribution in [2.45, 2.75) is 26.6 Å². The van der Waals surface area contributed by atoms with E-state index >= 15 is 0 Å². The molecule has 0 atom stereocenters. The summed E-state index contributed by atoms with van der Waals surface area (Å²) in [7, 11) is 1.16. The van der Waals surface area contributed by atoms with Crippen LogP contribution >= 0.6 is 0 Å². The Morgan fingerprint density at radius 2 is 1.68 bits per heavy atom. The van der Waals surface area contributed by atoms with Crippen LogP contribution in [0, 0.1) is 13.8 Å². The maximum absolute atomic E-state index is 13.2. The first kappa shape index (κ1) is 18.6. The highest BCUT2D eigenvalue weighted by Crippen LogP contribution is 2.38. The van der Waals surface area contributed by atoms with Crippen LogP contribution in [0.2, 0.25) is 0 Å². The lowest BCUT2D eigenvalue weighted by atomic mass is 10.0. The van der Waals surface area contributed by atoms with Gasteiger partial charge in [-0.2, -0.15) is 13.2 Å². The van der Waals surface area contributed by atoms with Crippen LogP contribution in [0.5, 0.6) is 11.5 Å². The molecule has 0 N–H and O–H groups in total. The van der Waals surface area contributed by atoms with Crippen molar-refractivity contribution in [3.8, 4) is 11.5 Å². The maximum atomic E-state index is 13.2. The van der Waals surface area contributed by atoms with Crippen LogP contribution in [-0.2, 0) is 17.5 Å². The van der Waals surface area contributed by atoms with Crippen LogP contribution in [0.15, 0.2) is 36.4 Å². The van der Waals surface area contributed by atoms with Crippen LogP contribution in [-0.4, -0.2) is 13.3 Å². The summed E-state index contributed by atoms with van der Waals surface area (Å²) in [5.41, 5.74) is 0.775. The number of hydrogen-bond acceptors (Lipinski definition) is 4. The number of para-hydroxylation sites is 1. The molecule has 0 spiro atoms. The number of methoxy groups -OCH3 is 1. The Balaban J connectivity index is 2.28. The Labute approximate surface area is 143 Å². The zero-order valence-corrected chi connectivity index (χ0v) is 13.9. The van der Waals surface area contributed by atoms with E-state index in [0.29, 0.717) is 16.7 Å².